The van der Waals surface area contributed by atoms with E-state index in [1.807, 2.05) is 0 Å². The third-order valence-corrected chi connectivity index (χ3v) is 0. The van der Waals surface area contributed by atoms with Crippen molar-refractivity contribution in [3.63, 3.8) is 0 Å². The van der Waals surface area contributed by atoms with Gasteiger partial charge in [0, 0.05) is 0 Å². The van der Waals surface area contributed by atoms with Crippen LogP contribution in [0, 0.1) is 0 Å². The Morgan fingerprint density at radius 3 is 0.800 bits per heavy atom. The number of hydrogen-bond donors (Lipinski definition) is 4. The van der Waals surface area contributed by atoms with E-state index in [0.717, 1.165) is 0 Å². The molecular formula is H4O4Pt. The average Bonchev–Trinajstić information content (AvgIpc) is 0.722. The van der Waals surface area contributed by atoms with Gasteiger partial charge in [-0.3, -0.25) is 0 Å². The first-order chi connectivity index (χ1) is 2.00. The van der Waals surface area contributed by atoms with Gasteiger partial charge in [0.05, 0.1) is 0 Å². The fourth-order valence-electron chi connectivity index (χ4n) is 0. The monoisotopic (exact) mass is 263 g/mol. The van der Waals surface area contributed by atoms with Gasteiger partial charge in [0.15, 0.2) is 0 Å². The van der Waals surface area contributed by atoms with Gasteiger partial charge in [0.2, 0.25) is 0 Å². The first-order valence-corrected chi connectivity index (χ1v) is 4.63. The SMILES string of the molecule is [OH][Pt]([OH])([OH])[OH]. The van der Waals surface area contributed by atoms with Gasteiger partial charge in [0.25, 0.3) is 0 Å². The molecule has 0 atom stereocenters. The minimum atomic E-state index is -4.94. The van der Waals surface area contributed by atoms with E-state index < -0.39 is 17.6 Å². The van der Waals surface area contributed by atoms with Crippen LogP contribution in [-0.2, 0) is 17.6 Å². The summed E-state index contributed by atoms with van der Waals surface area (Å²) in [4.78, 5) is 0. The van der Waals surface area contributed by atoms with Crippen molar-refractivity contribution in [2.45, 2.75) is 0 Å². The van der Waals surface area contributed by atoms with Crippen molar-refractivity contribution >= 4 is 0 Å². The summed E-state index contributed by atoms with van der Waals surface area (Å²) in [5, 5.41) is 0. The van der Waals surface area contributed by atoms with Crippen LogP contribution in [0.3, 0.4) is 0 Å². The standard InChI is InChI=1S/4H2O.Pt/h4*1H2;/q;;;;+4/p-4. The molecule has 5 heavy (non-hydrogen) atoms. The molecule has 0 unspecified atom stereocenters. The summed E-state index contributed by atoms with van der Waals surface area (Å²) in [6.07, 6.45) is 0. The zero-order valence-electron chi connectivity index (χ0n) is 2.11. The van der Waals surface area contributed by atoms with Crippen molar-refractivity contribution in [3.05, 3.63) is 0 Å². The summed E-state index contributed by atoms with van der Waals surface area (Å²) < 4.78 is 29.5. The second-order valence-electron chi connectivity index (χ2n) is 0.379. The molecule has 0 heterocycles. The minimum absolute atomic E-state index is 4.94. The first kappa shape index (κ1) is 5.53. The Morgan fingerprint density at radius 1 is 0.800 bits per heavy atom. The number of hydrogen-bond acceptors (Lipinski definition) is 4. The molecule has 0 aliphatic carbocycles. The summed E-state index contributed by atoms with van der Waals surface area (Å²) in [6, 6.07) is 0. The second-order valence-corrected chi connectivity index (χ2v) is 3.11. The molecule has 0 aliphatic rings. The summed E-state index contributed by atoms with van der Waals surface area (Å²) in [6.45, 7) is 0. The van der Waals surface area contributed by atoms with Crippen molar-refractivity contribution in [2.24, 2.45) is 0 Å². The molecule has 0 aliphatic heterocycles. The zero-order chi connectivity index (χ0) is 4.50. The topological polar surface area (TPSA) is 80.9 Å². The van der Waals surface area contributed by atoms with E-state index in [2.05, 4.69) is 0 Å². The molecule has 0 amide bonds. The van der Waals surface area contributed by atoms with Crippen LogP contribution in [-0.4, -0.2) is 15.0 Å². The summed E-state index contributed by atoms with van der Waals surface area (Å²) in [5.41, 5.74) is 0. The third-order valence-electron chi connectivity index (χ3n) is 0. The van der Waals surface area contributed by atoms with Crippen LogP contribution in [0.1, 0.15) is 0 Å². The molecule has 0 saturated carbocycles. The fourth-order valence-corrected chi connectivity index (χ4v) is 0. The van der Waals surface area contributed by atoms with E-state index in [-0.39, 0.29) is 0 Å². The van der Waals surface area contributed by atoms with Crippen molar-refractivity contribution < 1.29 is 32.6 Å². The molecule has 0 radical (unpaired) electrons. The molecule has 0 aromatic heterocycles. The molecule has 0 rings (SSSR count). The van der Waals surface area contributed by atoms with Gasteiger partial charge in [-0.2, -0.15) is 0 Å². The van der Waals surface area contributed by atoms with Gasteiger partial charge in [-0.1, -0.05) is 0 Å². The van der Waals surface area contributed by atoms with E-state index in [1.54, 1.807) is 0 Å². The van der Waals surface area contributed by atoms with Crippen molar-refractivity contribution in [1.82, 2.24) is 0 Å². The van der Waals surface area contributed by atoms with Crippen LogP contribution in [0.5, 0.6) is 0 Å². The second kappa shape index (κ2) is 1.32. The van der Waals surface area contributed by atoms with Gasteiger partial charge in [0.1, 0.15) is 0 Å². The van der Waals surface area contributed by atoms with Gasteiger partial charge >= 0.3 is 32.6 Å². The van der Waals surface area contributed by atoms with Gasteiger partial charge in [-0.05, 0) is 0 Å². The Bertz CT molecular complexity index is 19.1. The zero-order valence-corrected chi connectivity index (χ0v) is 4.38. The molecule has 0 fully saturated rings. The first-order valence-electron chi connectivity index (χ1n) is 0.566. The predicted octanol–water partition coefficient (Wildman–Crippen LogP) is -2.23. The van der Waals surface area contributed by atoms with Crippen molar-refractivity contribution in [2.75, 3.05) is 0 Å². The van der Waals surface area contributed by atoms with Crippen LogP contribution < -0.4 is 0 Å². The molecule has 0 aromatic carbocycles. The molecule has 0 spiro atoms. The van der Waals surface area contributed by atoms with Crippen molar-refractivity contribution in [3.8, 4) is 0 Å². The van der Waals surface area contributed by atoms with Crippen LogP contribution in [0.2, 0.25) is 0 Å². The molecule has 0 aromatic rings. The average molecular weight is 263 g/mol. The quantitative estimate of drug-likeness (QED) is 0.399. The van der Waals surface area contributed by atoms with Gasteiger partial charge in [-0.15, -0.1) is 0 Å². The van der Waals surface area contributed by atoms with Gasteiger partial charge < -0.3 is 0 Å². The summed E-state index contributed by atoms with van der Waals surface area (Å²) in [7, 11) is 0. The van der Waals surface area contributed by atoms with Crippen molar-refractivity contribution in [1.29, 1.82) is 0 Å². The molecule has 0 bridgehead atoms. The Morgan fingerprint density at radius 2 is 0.800 bits per heavy atom. The van der Waals surface area contributed by atoms with E-state index in [4.69, 9.17) is 15.0 Å². The molecule has 5 heteroatoms. The van der Waals surface area contributed by atoms with Crippen LogP contribution in [0.15, 0.2) is 0 Å². The van der Waals surface area contributed by atoms with Gasteiger partial charge in [-0.25, -0.2) is 0 Å². The maximum absolute atomic E-state index is 7.37. The van der Waals surface area contributed by atoms with E-state index >= 15 is 0 Å². The Balaban J connectivity index is 3.02. The summed E-state index contributed by atoms with van der Waals surface area (Å²) in [5.74, 6) is 0. The predicted molar refractivity (Wildman–Crippen MR) is 8.88 cm³/mol. The van der Waals surface area contributed by atoms with E-state index in [1.165, 1.54) is 0 Å². The van der Waals surface area contributed by atoms with Crippen LogP contribution in [0.25, 0.3) is 0 Å². The van der Waals surface area contributed by atoms with E-state index in [0.29, 0.717) is 0 Å². The third kappa shape index (κ3) is 104. The Hall–Kier alpha value is 0.528. The van der Waals surface area contributed by atoms with Crippen LogP contribution >= 0.6 is 0 Å². The molecule has 4 nitrogen and oxygen atoms in total. The molecule has 38 valence electrons. The maximum atomic E-state index is 7.37. The Kier molecular flexibility index (Phi) is 1.46. The molecular weight excluding hydrogens is 259 g/mol. The van der Waals surface area contributed by atoms with Crippen LogP contribution in [0.4, 0.5) is 0 Å². The fraction of sp³-hybridized carbons (Fsp3) is 0. The van der Waals surface area contributed by atoms with E-state index in [9.17, 15) is 0 Å². The number of rotatable bonds is 0. The Labute approximate surface area is 33.3 Å². The molecule has 0 saturated heterocycles. The normalized spacial score (nSPS) is 15.2. The summed E-state index contributed by atoms with van der Waals surface area (Å²) >= 11 is -4.94. The molecule has 4 N–H and O–H groups in total.